The normalized spacial score (nSPS) is 15.5. The quantitative estimate of drug-likeness (QED) is 0.363. The van der Waals surface area contributed by atoms with Gasteiger partial charge >= 0.3 is 7.60 Å². The van der Waals surface area contributed by atoms with Crippen molar-refractivity contribution in [3.8, 4) is 11.5 Å². The highest BCUT2D eigenvalue weighted by molar-refractivity contribution is 8.15. The van der Waals surface area contributed by atoms with Crippen LogP contribution in [0.15, 0.2) is 42.5 Å². The van der Waals surface area contributed by atoms with Crippen LogP contribution in [0.5, 0.6) is 11.5 Å². The lowest BCUT2D eigenvalue weighted by atomic mass is 10.0. The summed E-state index contributed by atoms with van der Waals surface area (Å²) in [5.41, 5.74) is 1.88. The highest BCUT2D eigenvalue weighted by Crippen LogP contribution is 2.47. The first kappa shape index (κ1) is 27.7. The molecule has 1 saturated heterocycles. The van der Waals surface area contributed by atoms with Crippen LogP contribution in [0.25, 0.3) is 0 Å². The van der Waals surface area contributed by atoms with Gasteiger partial charge in [0.2, 0.25) is 5.91 Å². The molecule has 1 aliphatic heterocycles. The van der Waals surface area contributed by atoms with Crippen LogP contribution in [0.2, 0.25) is 0 Å². The van der Waals surface area contributed by atoms with Crippen molar-refractivity contribution in [1.82, 2.24) is 10.6 Å². The predicted molar refractivity (Wildman–Crippen MR) is 136 cm³/mol. The summed E-state index contributed by atoms with van der Waals surface area (Å²) >= 11 is 0.940. The molecular weight excluding hydrogens is 507 g/mol. The molecule has 2 aromatic rings. The minimum Gasteiger partial charge on any atom is -0.496 e. The van der Waals surface area contributed by atoms with E-state index in [1.165, 1.54) is 7.11 Å². The fourth-order valence-electron chi connectivity index (χ4n) is 3.44. The molecule has 0 bridgehead atoms. The van der Waals surface area contributed by atoms with Crippen LogP contribution in [0.4, 0.5) is 4.79 Å². The molecule has 0 saturated carbocycles. The number of methoxy groups -OCH3 is 1. The molecule has 2 N–H and O–H groups in total. The molecule has 0 radical (unpaired) electrons. The van der Waals surface area contributed by atoms with E-state index in [9.17, 15) is 18.9 Å². The Bertz CT molecular complexity index is 1130. The number of ether oxygens (including phenoxy) is 2. The Balaban J connectivity index is 1.59. The summed E-state index contributed by atoms with van der Waals surface area (Å²) in [4.78, 5) is 36.2. The molecule has 1 heterocycles. The number of benzene rings is 2. The Morgan fingerprint density at radius 1 is 1.06 bits per heavy atom. The lowest BCUT2D eigenvalue weighted by Crippen LogP contribution is -2.26. The third kappa shape index (κ3) is 7.57. The van der Waals surface area contributed by atoms with E-state index in [4.69, 9.17) is 18.5 Å². The van der Waals surface area contributed by atoms with Crippen molar-refractivity contribution < 1.29 is 37.5 Å². The number of imide groups is 1. The van der Waals surface area contributed by atoms with Crippen LogP contribution in [0.1, 0.15) is 35.3 Å². The Labute approximate surface area is 213 Å². The molecule has 3 amide bonds. The summed E-state index contributed by atoms with van der Waals surface area (Å²) in [6.07, 6.45) is 0.115. The van der Waals surface area contributed by atoms with E-state index in [1.807, 2.05) is 0 Å². The van der Waals surface area contributed by atoms with Gasteiger partial charge in [0.05, 0.1) is 31.1 Å². The molecule has 1 aliphatic rings. The van der Waals surface area contributed by atoms with Gasteiger partial charge in [0, 0.05) is 6.54 Å². The van der Waals surface area contributed by atoms with Crippen molar-refractivity contribution in [3.05, 3.63) is 59.2 Å². The zero-order chi connectivity index (χ0) is 26.1. The van der Waals surface area contributed by atoms with Gasteiger partial charge in [0.25, 0.3) is 11.1 Å². The Morgan fingerprint density at radius 3 is 2.31 bits per heavy atom. The van der Waals surface area contributed by atoms with E-state index < -0.39 is 12.8 Å². The van der Waals surface area contributed by atoms with Gasteiger partial charge in [0.1, 0.15) is 11.5 Å². The fraction of sp³-hybridized carbons (Fsp3) is 0.375. The number of hydrogen-bond acceptors (Lipinski definition) is 9. The lowest BCUT2D eigenvalue weighted by Gasteiger charge is -2.17. The average molecular weight is 537 g/mol. The van der Waals surface area contributed by atoms with Gasteiger partial charge in [-0.3, -0.25) is 24.3 Å². The number of nitrogens with one attached hydrogen (secondary N) is 2. The topological polar surface area (TPSA) is 129 Å². The molecule has 0 aliphatic carbocycles. The maximum Gasteiger partial charge on any atom is 0.367 e. The monoisotopic (exact) mass is 536 g/mol. The molecule has 12 heteroatoms. The smallest absolute Gasteiger partial charge is 0.367 e. The number of amides is 3. The molecule has 36 heavy (non-hydrogen) atoms. The third-order valence-electron chi connectivity index (χ3n) is 5.11. The van der Waals surface area contributed by atoms with Crippen molar-refractivity contribution in [3.63, 3.8) is 0 Å². The Morgan fingerprint density at radius 2 is 1.72 bits per heavy atom. The predicted octanol–water partition coefficient (Wildman–Crippen LogP) is 4.12. The molecule has 10 nitrogen and oxygen atoms in total. The summed E-state index contributed by atoms with van der Waals surface area (Å²) in [7, 11) is -1.84. The van der Waals surface area contributed by atoms with Gasteiger partial charge in [-0.25, -0.2) is 0 Å². The fourth-order valence-corrected chi connectivity index (χ4v) is 5.62. The van der Waals surface area contributed by atoms with Gasteiger partial charge in [-0.2, -0.15) is 0 Å². The van der Waals surface area contributed by atoms with Crippen LogP contribution >= 0.6 is 19.4 Å². The summed E-state index contributed by atoms with van der Waals surface area (Å²) in [5, 5.41) is 4.22. The summed E-state index contributed by atoms with van der Waals surface area (Å²) in [6, 6.07) is 12.1. The van der Waals surface area contributed by atoms with Crippen LogP contribution in [0, 0.1) is 0 Å². The second-order valence-corrected chi connectivity index (χ2v) is 10.8. The van der Waals surface area contributed by atoms with Crippen LogP contribution in [-0.4, -0.2) is 49.0 Å². The van der Waals surface area contributed by atoms with E-state index in [0.717, 1.165) is 22.9 Å². The van der Waals surface area contributed by atoms with Gasteiger partial charge in [0.15, 0.2) is 6.35 Å². The number of hydrogen-bond donors (Lipinski definition) is 2. The molecule has 1 unspecified atom stereocenters. The molecule has 2 aromatic carbocycles. The standard InChI is InChI=1S/C24H29N2O8PS/c1-4-33-35(30,34-5-2)15-32-18-9-6-16(7-10-18)14-25-22(27)19-12-17(8-11-20(19)31-3)13-21-23(28)26-24(29)36-21/h6-12,21H,4-5,13-15H2,1-3H3,(H,25,27)(H,26,28,29). The maximum absolute atomic E-state index is 12.9. The molecule has 1 fully saturated rings. The third-order valence-corrected chi connectivity index (χ3v) is 7.84. The molecule has 0 spiro atoms. The molecule has 1 atom stereocenters. The van der Waals surface area contributed by atoms with Gasteiger partial charge in [-0.05, 0) is 55.7 Å². The van der Waals surface area contributed by atoms with Crippen molar-refractivity contribution in [2.75, 3.05) is 26.7 Å². The van der Waals surface area contributed by atoms with Gasteiger partial charge in [-0.1, -0.05) is 30.0 Å². The number of carbonyl (C=O) groups excluding carboxylic acids is 3. The van der Waals surface area contributed by atoms with E-state index in [0.29, 0.717) is 23.5 Å². The van der Waals surface area contributed by atoms with E-state index in [-0.39, 0.29) is 43.2 Å². The minimum absolute atomic E-state index is 0.198. The zero-order valence-electron chi connectivity index (χ0n) is 20.3. The number of thioether (sulfide) groups is 1. The van der Waals surface area contributed by atoms with Crippen molar-refractivity contribution in [2.24, 2.45) is 0 Å². The Kier molecular flexibility index (Phi) is 9.95. The largest absolute Gasteiger partial charge is 0.496 e. The first-order chi connectivity index (χ1) is 17.3. The van der Waals surface area contributed by atoms with Crippen LogP contribution in [0.3, 0.4) is 0 Å². The summed E-state index contributed by atoms with van der Waals surface area (Å²) in [6.45, 7) is 4.22. The molecular formula is C24H29N2O8PS. The highest BCUT2D eigenvalue weighted by Gasteiger charge is 2.31. The maximum atomic E-state index is 12.9. The van der Waals surface area contributed by atoms with Crippen LogP contribution < -0.4 is 20.1 Å². The van der Waals surface area contributed by atoms with E-state index in [1.54, 1.807) is 56.3 Å². The van der Waals surface area contributed by atoms with Crippen molar-refractivity contribution in [1.29, 1.82) is 0 Å². The number of rotatable bonds is 13. The van der Waals surface area contributed by atoms with Crippen molar-refractivity contribution >= 4 is 36.4 Å². The SMILES string of the molecule is CCOP(=O)(COc1ccc(CNC(=O)c2cc(CC3SC(=O)NC3=O)ccc2OC)cc1)OCC. The average Bonchev–Trinajstić information content (AvgIpc) is 3.18. The Hall–Kier alpha value is -2.85. The van der Waals surface area contributed by atoms with Crippen LogP contribution in [-0.2, 0) is 31.4 Å². The summed E-state index contributed by atoms with van der Waals surface area (Å²) < 4.78 is 33.8. The molecule has 3 rings (SSSR count). The first-order valence-electron chi connectivity index (χ1n) is 11.3. The molecule has 0 aromatic heterocycles. The minimum atomic E-state index is -3.32. The second kappa shape index (κ2) is 12.9. The molecule has 194 valence electrons. The second-order valence-electron chi connectivity index (χ2n) is 7.67. The zero-order valence-corrected chi connectivity index (χ0v) is 22.0. The highest BCUT2D eigenvalue weighted by atomic mass is 32.2. The number of carbonyl (C=O) groups is 3. The van der Waals surface area contributed by atoms with Crippen molar-refractivity contribution in [2.45, 2.75) is 32.1 Å². The van der Waals surface area contributed by atoms with E-state index in [2.05, 4.69) is 10.6 Å². The first-order valence-corrected chi connectivity index (χ1v) is 13.9. The van der Waals surface area contributed by atoms with Gasteiger partial charge in [-0.15, -0.1) is 0 Å². The van der Waals surface area contributed by atoms with Gasteiger partial charge < -0.3 is 23.8 Å². The lowest BCUT2D eigenvalue weighted by molar-refractivity contribution is -0.118. The van der Waals surface area contributed by atoms with E-state index >= 15 is 0 Å². The summed E-state index contributed by atoms with van der Waals surface area (Å²) in [5.74, 6) is 0.208.